The SMILES string of the molecule is CC(OC(=O)CCc1nc2ccccc2c(=O)n1C)C(=O)Nc1cc([N+](=O)[O-])ccc1Cl. The van der Waals surface area contributed by atoms with E-state index in [1.54, 1.807) is 31.3 Å². The van der Waals surface area contributed by atoms with Gasteiger partial charge in [-0.25, -0.2) is 4.98 Å². The lowest BCUT2D eigenvalue weighted by Crippen LogP contribution is -2.30. The summed E-state index contributed by atoms with van der Waals surface area (Å²) in [4.78, 5) is 51.7. The number of aromatic nitrogens is 2. The lowest BCUT2D eigenvalue weighted by Gasteiger charge is -2.14. The molecule has 10 nitrogen and oxygen atoms in total. The number of non-ortho nitro benzene ring substituents is 1. The van der Waals surface area contributed by atoms with Gasteiger partial charge in [0, 0.05) is 25.6 Å². The lowest BCUT2D eigenvalue weighted by molar-refractivity contribution is -0.384. The van der Waals surface area contributed by atoms with E-state index in [9.17, 15) is 24.5 Å². The van der Waals surface area contributed by atoms with Crippen LogP contribution in [0.1, 0.15) is 19.2 Å². The van der Waals surface area contributed by atoms with Gasteiger partial charge in [-0.3, -0.25) is 29.1 Å². The molecule has 0 saturated carbocycles. The van der Waals surface area contributed by atoms with Crippen LogP contribution in [-0.2, 0) is 27.8 Å². The molecule has 11 heteroatoms. The Hall–Kier alpha value is -3.79. The predicted molar refractivity (Wildman–Crippen MR) is 118 cm³/mol. The molecular weight excluding hydrogens is 440 g/mol. The second kappa shape index (κ2) is 9.56. The third-order valence-electron chi connectivity index (χ3n) is 4.72. The molecule has 0 radical (unpaired) electrons. The quantitative estimate of drug-likeness (QED) is 0.326. The molecule has 1 amide bonds. The Morgan fingerprint density at radius 3 is 2.72 bits per heavy atom. The maximum Gasteiger partial charge on any atom is 0.307 e. The number of carbonyl (C=O) groups excluding carboxylic acids is 2. The van der Waals surface area contributed by atoms with Crippen molar-refractivity contribution < 1.29 is 19.2 Å². The Bertz CT molecular complexity index is 1270. The molecule has 0 bridgehead atoms. The third kappa shape index (κ3) is 5.09. The highest BCUT2D eigenvalue weighted by Crippen LogP contribution is 2.26. The van der Waals surface area contributed by atoms with E-state index < -0.39 is 22.9 Å². The second-order valence-corrected chi connectivity index (χ2v) is 7.36. The monoisotopic (exact) mass is 458 g/mol. The van der Waals surface area contributed by atoms with Gasteiger partial charge in [0.05, 0.1) is 33.0 Å². The molecule has 0 spiro atoms. The summed E-state index contributed by atoms with van der Waals surface area (Å²) >= 11 is 5.96. The predicted octanol–water partition coefficient (Wildman–Crippen LogP) is 3.00. The average Bonchev–Trinajstić information content (AvgIpc) is 2.76. The van der Waals surface area contributed by atoms with Crippen molar-refractivity contribution >= 4 is 45.8 Å². The molecule has 0 aliphatic heterocycles. The van der Waals surface area contributed by atoms with Crippen molar-refractivity contribution in [3.63, 3.8) is 0 Å². The molecule has 1 aromatic heterocycles. The molecule has 0 aliphatic carbocycles. The van der Waals surface area contributed by atoms with Crippen molar-refractivity contribution in [1.82, 2.24) is 9.55 Å². The van der Waals surface area contributed by atoms with Crippen LogP contribution in [0.4, 0.5) is 11.4 Å². The van der Waals surface area contributed by atoms with Gasteiger partial charge in [0.2, 0.25) is 0 Å². The maximum absolute atomic E-state index is 12.4. The number of fused-ring (bicyclic) bond motifs is 1. The summed E-state index contributed by atoms with van der Waals surface area (Å²) in [7, 11) is 1.57. The summed E-state index contributed by atoms with van der Waals surface area (Å²) in [6.45, 7) is 1.36. The average molecular weight is 459 g/mol. The summed E-state index contributed by atoms with van der Waals surface area (Å²) in [5.74, 6) is -0.955. The van der Waals surface area contributed by atoms with Crippen molar-refractivity contribution in [2.45, 2.75) is 25.9 Å². The first-order valence-electron chi connectivity index (χ1n) is 9.56. The maximum atomic E-state index is 12.4. The van der Waals surface area contributed by atoms with Crippen molar-refractivity contribution in [2.75, 3.05) is 5.32 Å². The Balaban J connectivity index is 1.62. The molecule has 0 aliphatic rings. The van der Waals surface area contributed by atoms with E-state index in [2.05, 4.69) is 10.3 Å². The van der Waals surface area contributed by atoms with Crippen molar-refractivity contribution in [3.8, 4) is 0 Å². The number of amides is 1. The minimum absolute atomic E-state index is 0.0316. The van der Waals surface area contributed by atoms with Crippen LogP contribution in [-0.4, -0.2) is 32.5 Å². The lowest BCUT2D eigenvalue weighted by atomic mass is 10.2. The van der Waals surface area contributed by atoms with E-state index in [0.29, 0.717) is 16.7 Å². The Morgan fingerprint density at radius 2 is 2.00 bits per heavy atom. The first kappa shape index (κ1) is 22.9. The zero-order valence-electron chi connectivity index (χ0n) is 17.2. The summed E-state index contributed by atoms with van der Waals surface area (Å²) < 4.78 is 6.51. The number of aryl methyl sites for hydroxylation is 1. The molecule has 3 aromatic rings. The van der Waals surface area contributed by atoms with Gasteiger partial charge in [-0.1, -0.05) is 23.7 Å². The van der Waals surface area contributed by atoms with Gasteiger partial charge in [0.25, 0.3) is 17.2 Å². The van der Waals surface area contributed by atoms with Crippen molar-refractivity contribution in [3.05, 3.63) is 73.8 Å². The summed E-state index contributed by atoms with van der Waals surface area (Å²) in [5.41, 5.74) is 0.0908. The minimum Gasteiger partial charge on any atom is -0.453 e. The van der Waals surface area contributed by atoms with Gasteiger partial charge >= 0.3 is 5.97 Å². The van der Waals surface area contributed by atoms with Gasteiger partial charge in [0.1, 0.15) is 5.82 Å². The molecule has 2 aromatic carbocycles. The highest BCUT2D eigenvalue weighted by molar-refractivity contribution is 6.33. The van der Waals surface area contributed by atoms with Crippen LogP contribution in [0.15, 0.2) is 47.3 Å². The van der Waals surface area contributed by atoms with Crippen molar-refractivity contribution in [1.29, 1.82) is 0 Å². The summed E-state index contributed by atoms with van der Waals surface area (Å²) in [6, 6.07) is 10.5. The number of anilines is 1. The first-order chi connectivity index (χ1) is 15.2. The number of nitrogens with zero attached hydrogens (tertiary/aromatic N) is 3. The molecule has 1 N–H and O–H groups in total. The molecule has 0 saturated heterocycles. The van der Waals surface area contributed by atoms with E-state index in [-0.39, 0.29) is 34.8 Å². The number of nitrogens with one attached hydrogen (secondary N) is 1. The zero-order valence-corrected chi connectivity index (χ0v) is 18.0. The number of para-hydroxylation sites is 1. The fourth-order valence-corrected chi connectivity index (χ4v) is 3.13. The van der Waals surface area contributed by atoms with E-state index in [4.69, 9.17) is 16.3 Å². The van der Waals surface area contributed by atoms with Crippen LogP contribution in [0.25, 0.3) is 10.9 Å². The molecule has 1 atom stereocenters. The van der Waals surface area contributed by atoms with Crippen molar-refractivity contribution in [2.24, 2.45) is 7.05 Å². The van der Waals surface area contributed by atoms with Gasteiger partial charge in [-0.05, 0) is 25.1 Å². The Morgan fingerprint density at radius 1 is 1.28 bits per heavy atom. The topological polar surface area (TPSA) is 133 Å². The number of carbonyl (C=O) groups is 2. The van der Waals surface area contributed by atoms with Gasteiger partial charge < -0.3 is 10.1 Å². The molecule has 3 rings (SSSR count). The van der Waals surface area contributed by atoms with E-state index in [1.807, 2.05) is 0 Å². The van der Waals surface area contributed by atoms with Crippen LogP contribution in [0.5, 0.6) is 0 Å². The standard InChI is InChI=1S/C21H19ClN4O6/c1-12(20(28)24-17-11-13(26(30)31)7-8-15(17)22)32-19(27)10-9-18-23-16-6-4-3-5-14(16)21(29)25(18)2/h3-8,11-12H,9-10H2,1-2H3,(H,24,28). The zero-order chi connectivity index (χ0) is 23.4. The van der Waals surface area contributed by atoms with Crippen LogP contribution in [0.3, 0.4) is 0 Å². The fraction of sp³-hybridized carbons (Fsp3) is 0.238. The van der Waals surface area contributed by atoms with Crippen LogP contribution in [0, 0.1) is 10.1 Å². The van der Waals surface area contributed by atoms with Gasteiger partial charge in [-0.2, -0.15) is 0 Å². The summed E-state index contributed by atoms with van der Waals surface area (Å²) in [5, 5.41) is 13.9. The second-order valence-electron chi connectivity index (χ2n) is 6.95. The third-order valence-corrected chi connectivity index (χ3v) is 5.05. The van der Waals surface area contributed by atoms with Gasteiger partial charge in [-0.15, -0.1) is 0 Å². The number of nitro groups is 1. The number of hydrogen-bond acceptors (Lipinski definition) is 7. The smallest absolute Gasteiger partial charge is 0.307 e. The number of hydrogen-bond donors (Lipinski definition) is 1. The van der Waals surface area contributed by atoms with E-state index in [0.717, 1.165) is 6.07 Å². The molecular formula is C21H19ClN4O6. The largest absolute Gasteiger partial charge is 0.453 e. The van der Waals surface area contributed by atoms with Crippen LogP contribution >= 0.6 is 11.6 Å². The first-order valence-corrected chi connectivity index (χ1v) is 9.94. The summed E-state index contributed by atoms with van der Waals surface area (Å²) in [6.07, 6.45) is -1.14. The molecule has 32 heavy (non-hydrogen) atoms. The number of benzene rings is 2. The van der Waals surface area contributed by atoms with E-state index in [1.165, 1.54) is 23.6 Å². The van der Waals surface area contributed by atoms with Crippen LogP contribution < -0.4 is 10.9 Å². The highest BCUT2D eigenvalue weighted by Gasteiger charge is 2.20. The van der Waals surface area contributed by atoms with E-state index >= 15 is 0 Å². The number of ether oxygens (including phenoxy) is 1. The molecule has 1 unspecified atom stereocenters. The molecule has 1 heterocycles. The minimum atomic E-state index is -1.17. The number of nitro benzene ring substituents is 1. The Kier molecular flexibility index (Phi) is 6.84. The molecule has 0 fully saturated rings. The molecule has 166 valence electrons. The fourth-order valence-electron chi connectivity index (χ4n) is 2.97. The highest BCUT2D eigenvalue weighted by atomic mass is 35.5. The van der Waals surface area contributed by atoms with Gasteiger partial charge in [0.15, 0.2) is 6.10 Å². The Labute approximate surface area is 186 Å². The van der Waals surface area contributed by atoms with Crippen LogP contribution in [0.2, 0.25) is 5.02 Å². The normalized spacial score (nSPS) is 11.7. The number of halogens is 1. The number of esters is 1. The number of rotatable bonds is 7.